The van der Waals surface area contributed by atoms with Crippen molar-refractivity contribution in [2.45, 2.75) is 0 Å². The molecule has 0 aliphatic rings. The van der Waals surface area contributed by atoms with Gasteiger partial charge in [0.25, 0.3) is 0 Å². The summed E-state index contributed by atoms with van der Waals surface area (Å²) in [6, 6.07) is 1.59. The Balaban J connectivity index is 4.50. The third kappa shape index (κ3) is 3.68. The van der Waals surface area contributed by atoms with Crippen molar-refractivity contribution < 1.29 is 8.78 Å². The van der Waals surface area contributed by atoms with Gasteiger partial charge in [-0.05, 0) is 22.0 Å². The molecule has 1 nitrogen and oxygen atoms in total. The fraction of sp³-hybridized carbons (Fsp3) is 0. The Morgan fingerprint density at radius 3 is 2.55 bits per heavy atom. The lowest BCUT2D eigenvalue weighted by atomic mass is 10.3. The van der Waals surface area contributed by atoms with Gasteiger partial charge in [0.2, 0.25) is 0 Å². The molecule has 0 aromatic rings. The van der Waals surface area contributed by atoms with Crippen molar-refractivity contribution in [3.8, 4) is 6.07 Å². The smallest absolute Gasteiger partial charge is 0.141 e. The van der Waals surface area contributed by atoms with Crippen molar-refractivity contribution in [1.29, 1.82) is 5.26 Å². The van der Waals surface area contributed by atoms with Crippen LogP contribution in [0, 0.1) is 11.3 Å². The summed E-state index contributed by atoms with van der Waals surface area (Å²) in [5, 5.41) is 8.15. The van der Waals surface area contributed by atoms with Crippen LogP contribution in [0.2, 0.25) is 0 Å². The lowest BCUT2D eigenvalue weighted by molar-refractivity contribution is 0.648. The molecule has 0 fully saturated rings. The van der Waals surface area contributed by atoms with E-state index < -0.39 is 5.83 Å². The summed E-state index contributed by atoms with van der Waals surface area (Å²) < 4.78 is 23.8. The summed E-state index contributed by atoms with van der Waals surface area (Å²) in [6.07, 6.45) is 0.886. The van der Waals surface area contributed by atoms with Crippen molar-refractivity contribution in [1.82, 2.24) is 0 Å². The molecule has 0 amide bonds. The van der Waals surface area contributed by atoms with Gasteiger partial charge in [-0.25, -0.2) is 8.78 Å². The first-order valence-corrected chi connectivity index (χ1v) is 3.33. The lowest BCUT2D eigenvalue weighted by Gasteiger charge is -1.89. The molecular formula is C7H4BrF2N. The summed E-state index contributed by atoms with van der Waals surface area (Å²) in [5.74, 6) is -0.862. The van der Waals surface area contributed by atoms with E-state index in [1.54, 1.807) is 6.07 Å². The highest BCUT2D eigenvalue weighted by atomic mass is 79.9. The molecule has 0 N–H and O–H groups in total. The van der Waals surface area contributed by atoms with Crippen LogP contribution in [0.3, 0.4) is 0 Å². The highest BCUT2D eigenvalue weighted by molar-refractivity contribution is 9.11. The van der Waals surface area contributed by atoms with Gasteiger partial charge < -0.3 is 0 Å². The van der Waals surface area contributed by atoms with Gasteiger partial charge in [0, 0.05) is 5.57 Å². The maximum Gasteiger partial charge on any atom is 0.141 e. The maximum absolute atomic E-state index is 12.5. The summed E-state index contributed by atoms with van der Waals surface area (Å²) >= 11 is 2.59. The van der Waals surface area contributed by atoms with Gasteiger partial charge in [-0.1, -0.05) is 6.58 Å². The average molecular weight is 220 g/mol. The fourth-order valence-corrected chi connectivity index (χ4v) is 0.421. The summed E-state index contributed by atoms with van der Waals surface area (Å²) in [5.41, 5.74) is -0.0682. The number of halogens is 3. The minimum atomic E-state index is -0.862. The summed E-state index contributed by atoms with van der Waals surface area (Å²) in [7, 11) is 0. The molecule has 0 rings (SSSR count). The Bertz CT molecular complexity index is 260. The molecular weight excluding hydrogens is 216 g/mol. The van der Waals surface area contributed by atoms with Gasteiger partial charge >= 0.3 is 0 Å². The van der Waals surface area contributed by atoms with Gasteiger partial charge in [-0.2, -0.15) is 5.26 Å². The molecule has 0 saturated carbocycles. The fourth-order valence-electron chi connectivity index (χ4n) is 0.306. The van der Waals surface area contributed by atoms with Crippen LogP contribution in [0.1, 0.15) is 0 Å². The van der Waals surface area contributed by atoms with Crippen molar-refractivity contribution in [2.24, 2.45) is 0 Å². The quantitative estimate of drug-likeness (QED) is 0.518. The first-order valence-electron chi connectivity index (χ1n) is 2.54. The zero-order chi connectivity index (χ0) is 8.85. The molecule has 0 saturated heterocycles. The van der Waals surface area contributed by atoms with E-state index in [9.17, 15) is 8.78 Å². The van der Waals surface area contributed by atoms with Crippen LogP contribution in [0.5, 0.6) is 0 Å². The Morgan fingerprint density at radius 2 is 2.18 bits per heavy atom. The van der Waals surface area contributed by atoms with E-state index in [1.165, 1.54) is 0 Å². The van der Waals surface area contributed by atoms with Crippen LogP contribution in [-0.4, -0.2) is 0 Å². The van der Waals surface area contributed by atoms with Gasteiger partial charge in [-0.15, -0.1) is 0 Å². The van der Waals surface area contributed by atoms with E-state index >= 15 is 0 Å². The van der Waals surface area contributed by atoms with E-state index in [-0.39, 0.29) is 16.4 Å². The third-order valence-electron chi connectivity index (χ3n) is 0.769. The average Bonchev–Trinajstić information content (AvgIpc) is 2.02. The van der Waals surface area contributed by atoms with E-state index in [0.717, 1.165) is 6.08 Å². The molecule has 0 atom stereocenters. The molecule has 0 unspecified atom stereocenters. The van der Waals surface area contributed by atoms with Gasteiger partial charge in [0.15, 0.2) is 0 Å². The molecule has 11 heavy (non-hydrogen) atoms. The van der Waals surface area contributed by atoms with E-state index in [4.69, 9.17) is 5.26 Å². The zero-order valence-corrected chi connectivity index (χ0v) is 7.03. The monoisotopic (exact) mass is 219 g/mol. The van der Waals surface area contributed by atoms with Crippen molar-refractivity contribution in [2.75, 3.05) is 0 Å². The molecule has 0 aromatic carbocycles. The topological polar surface area (TPSA) is 23.8 Å². The van der Waals surface area contributed by atoms with E-state index in [2.05, 4.69) is 22.5 Å². The number of hydrogen-bond donors (Lipinski definition) is 0. The second-order valence-corrected chi connectivity index (χ2v) is 2.44. The van der Waals surface area contributed by atoms with E-state index in [0.29, 0.717) is 0 Å². The van der Waals surface area contributed by atoms with Crippen molar-refractivity contribution in [3.05, 3.63) is 34.9 Å². The number of allylic oxidation sites excluding steroid dienone is 4. The highest BCUT2D eigenvalue weighted by Gasteiger charge is 1.99. The highest BCUT2D eigenvalue weighted by Crippen LogP contribution is 2.19. The Hall–Kier alpha value is -0.950. The second-order valence-electron chi connectivity index (χ2n) is 1.59. The zero-order valence-electron chi connectivity index (χ0n) is 5.44. The predicted octanol–water partition coefficient (Wildman–Crippen LogP) is 3.13. The molecule has 0 aliphatic carbocycles. The van der Waals surface area contributed by atoms with E-state index in [1.807, 2.05) is 0 Å². The minimum absolute atomic E-state index is 0.0521. The van der Waals surface area contributed by atoms with Crippen LogP contribution in [0.4, 0.5) is 8.78 Å². The summed E-state index contributed by atoms with van der Waals surface area (Å²) in [6.45, 7) is 3.18. The largest absolute Gasteiger partial charge is 0.214 e. The Labute approximate surface area is 71.5 Å². The molecule has 0 bridgehead atoms. The van der Waals surface area contributed by atoms with Crippen LogP contribution in [0.15, 0.2) is 34.9 Å². The molecule has 0 radical (unpaired) electrons. The maximum atomic E-state index is 12.5. The second kappa shape index (κ2) is 4.80. The van der Waals surface area contributed by atoms with Gasteiger partial charge in [0.1, 0.15) is 12.2 Å². The van der Waals surface area contributed by atoms with Crippen LogP contribution in [-0.2, 0) is 0 Å². The molecule has 58 valence electrons. The van der Waals surface area contributed by atoms with Gasteiger partial charge in [0.05, 0.1) is 10.6 Å². The molecule has 0 aliphatic heterocycles. The number of nitrogens with zero attached hydrogens (tertiary/aromatic N) is 1. The number of nitriles is 1. The normalized spacial score (nSPS) is 12.5. The summed E-state index contributed by atoms with van der Waals surface area (Å²) in [4.78, 5) is 0. The van der Waals surface area contributed by atoms with Crippen LogP contribution >= 0.6 is 15.9 Å². The predicted molar refractivity (Wildman–Crippen MR) is 42.1 cm³/mol. The molecule has 0 aromatic heterocycles. The minimum Gasteiger partial charge on any atom is -0.214 e. The van der Waals surface area contributed by atoms with Crippen LogP contribution in [0.25, 0.3) is 0 Å². The Kier molecular flexibility index (Phi) is 4.39. The van der Waals surface area contributed by atoms with Crippen molar-refractivity contribution >= 4 is 15.9 Å². The molecule has 4 heteroatoms. The molecule has 0 spiro atoms. The lowest BCUT2D eigenvalue weighted by Crippen LogP contribution is -1.74. The van der Waals surface area contributed by atoms with Crippen LogP contribution < -0.4 is 0 Å². The third-order valence-corrected chi connectivity index (χ3v) is 1.32. The van der Waals surface area contributed by atoms with Crippen molar-refractivity contribution in [3.63, 3.8) is 0 Å². The Morgan fingerprint density at radius 1 is 1.64 bits per heavy atom. The first kappa shape index (κ1) is 10.0. The first-order chi connectivity index (χ1) is 5.11. The number of rotatable bonds is 2. The standard InChI is InChI=1S/C7H4BrF2N/c1-5(4-11)2-7(10)6(8)3-9/h2-3H,1H2/b6-3-,7-2+. The molecule has 0 heterocycles. The SMILES string of the molecule is C=C(C#N)/C=C(F)\C(Br)=C\F. The van der Waals surface area contributed by atoms with Gasteiger partial charge in [-0.3, -0.25) is 0 Å². The number of hydrogen-bond acceptors (Lipinski definition) is 1.